The molecular formula is C13H19FN3O3S+. The fraction of sp³-hybridized carbons (Fsp3) is 0.462. The van der Waals surface area contributed by atoms with Crippen LogP contribution in [0.4, 0.5) is 4.39 Å². The van der Waals surface area contributed by atoms with Crippen LogP contribution in [0.1, 0.15) is 6.92 Å². The van der Waals surface area contributed by atoms with Crippen LogP contribution in [0.25, 0.3) is 0 Å². The number of quaternary nitrogens is 1. The highest BCUT2D eigenvalue weighted by atomic mass is 32.2. The Kier molecular flexibility index (Phi) is 4.60. The zero-order valence-electron chi connectivity index (χ0n) is 11.8. The average molecular weight is 316 g/mol. The van der Waals surface area contributed by atoms with Crippen LogP contribution < -0.4 is 10.6 Å². The minimum atomic E-state index is -3.61. The van der Waals surface area contributed by atoms with Gasteiger partial charge in [0.25, 0.3) is 5.91 Å². The van der Waals surface area contributed by atoms with E-state index in [0.717, 1.165) is 17.0 Å². The van der Waals surface area contributed by atoms with E-state index in [0.29, 0.717) is 26.2 Å². The van der Waals surface area contributed by atoms with Gasteiger partial charge in [0.05, 0.1) is 31.1 Å². The van der Waals surface area contributed by atoms with Gasteiger partial charge >= 0.3 is 0 Å². The Morgan fingerprint density at radius 1 is 1.29 bits per heavy atom. The number of rotatable bonds is 4. The minimum absolute atomic E-state index is 0.0790. The summed E-state index contributed by atoms with van der Waals surface area (Å²) in [5.41, 5.74) is 5.27. The molecule has 0 bridgehead atoms. The number of sulfonamides is 1. The van der Waals surface area contributed by atoms with Gasteiger partial charge in [-0.05, 0) is 31.2 Å². The maximum absolute atomic E-state index is 12.9. The number of carbonyl (C=O) groups excluding carboxylic acids is 1. The van der Waals surface area contributed by atoms with Gasteiger partial charge in [0.1, 0.15) is 5.82 Å². The van der Waals surface area contributed by atoms with Gasteiger partial charge in [0.15, 0.2) is 6.04 Å². The lowest BCUT2D eigenvalue weighted by molar-refractivity contribution is -0.917. The van der Waals surface area contributed by atoms with Gasteiger partial charge in [-0.3, -0.25) is 4.79 Å². The molecular weight excluding hydrogens is 297 g/mol. The van der Waals surface area contributed by atoms with Crippen molar-refractivity contribution in [3.05, 3.63) is 30.1 Å². The molecule has 1 aliphatic heterocycles. The van der Waals surface area contributed by atoms with Crippen molar-refractivity contribution in [3.8, 4) is 0 Å². The van der Waals surface area contributed by atoms with Crippen LogP contribution in [0.2, 0.25) is 0 Å². The van der Waals surface area contributed by atoms with E-state index in [4.69, 9.17) is 5.73 Å². The van der Waals surface area contributed by atoms with Crippen molar-refractivity contribution in [2.24, 2.45) is 5.73 Å². The van der Waals surface area contributed by atoms with Crippen molar-refractivity contribution in [1.29, 1.82) is 0 Å². The predicted octanol–water partition coefficient (Wildman–Crippen LogP) is -1.41. The summed E-state index contributed by atoms with van der Waals surface area (Å²) < 4.78 is 39.1. The number of hydrogen-bond donors (Lipinski definition) is 2. The fourth-order valence-corrected chi connectivity index (χ4v) is 3.85. The van der Waals surface area contributed by atoms with E-state index in [1.807, 2.05) is 0 Å². The molecule has 1 aromatic rings. The first kappa shape index (κ1) is 15.9. The molecule has 0 aromatic heterocycles. The lowest BCUT2D eigenvalue weighted by Crippen LogP contribution is -3.19. The zero-order valence-corrected chi connectivity index (χ0v) is 12.6. The summed E-state index contributed by atoms with van der Waals surface area (Å²) >= 11 is 0. The molecule has 0 aliphatic carbocycles. The van der Waals surface area contributed by atoms with E-state index >= 15 is 0 Å². The largest absolute Gasteiger partial charge is 0.365 e. The van der Waals surface area contributed by atoms with Crippen molar-refractivity contribution in [2.45, 2.75) is 17.9 Å². The van der Waals surface area contributed by atoms with E-state index in [2.05, 4.69) is 0 Å². The van der Waals surface area contributed by atoms with E-state index in [1.54, 1.807) is 6.92 Å². The zero-order chi connectivity index (χ0) is 15.6. The van der Waals surface area contributed by atoms with Gasteiger partial charge in [-0.25, -0.2) is 12.8 Å². The number of halogens is 1. The van der Waals surface area contributed by atoms with Gasteiger partial charge in [-0.1, -0.05) is 0 Å². The summed E-state index contributed by atoms with van der Waals surface area (Å²) in [7, 11) is -3.61. The number of benzene rings is 1. The minimum Gasteiger partial charge on any atom is -0.365 e. The third-order valence-electron chi connectivity index (χ3n) is 3.86. The molecule has 6 nitrogen and oxygen atoms in total. The first-order valence-corrected chi connectivity index (χ1v) is 8.16. The molecule has 0 radical (unpaired) electrons. The van der Waals surface area contributed by atoms with Crippen molar-refractivity contribution >= 4 is 15.9 Å². The number of hydrogen-bond acceptors (Lipinski definition) is 3. The first-order valence-electron chi connectivity index (χ1n) is 6.72. The highest BCUT2D eigenvalue weighted by Crippen LogP contribution is 2.16. The Morgan fingerprint density at radius 2 is 1.81 bits per heavy atom. The second kappa shape index (κ2) is 6.08. The molecule has 116 valence electrons. The van der Waals surface area contributed by atoms with Crippen LogP contribution in [0, 0.1) is 5.82 Å². The standard InChI is InChI=1S/C13H18FN3O3S/c1-10(13(15)18)16-6-8-17(9-7-16)21(19,20)12-4-2-11(14)3-5-12/h2-5,10H,6-9H2,1H3,(H2,15,18)/p+1/t10-/m1/s1. The summed E-state index contributed by atoms with van der Waals surface area (Å²) in [5, 5.41) is 0. The Morgan fingerprint density at radius 3 is 2.29 bits per heavy atom. The van der Waals surface area contributed by atoms with Gasteiger partial charge in [-0.2, -0.15) is 4.31 Å². The molecule has 0 spiro atoms. The fourth-order valence-electron chi connectivity index (χ4n) is 2.40. The number of primary amides is 1. The lowest BCUT2D eigenvalue weighted by atomic mass is 10.2. The van der Waals surface area contributed by atoms with Gasteiger partial charge in [-0.15, -0.1) is 0 Å². The highest BCUT2D eigenvalue weighted by Gasteiger charge is 2.33. The molecule has 1 amide bonds. The third kappa shape index (κ3) is 3.39. The van der Waals surface area contributed by atoms with E-state index in [-0.39, 0.29) is 16.8 Å². The Labute approximate surface area is 123 Å². The van der Waals surface area contributed by atoms with Gasteiger partial charge in [0.2, 0.25) is 10.0 Å². The predicted molar refractivity (Wildman–Crippen MR) is 74.5 cm³/mol. The molecule has 1 atom stereocenters. The Balaban J connectivity index is 2.07. The van der Waals surface area contributed by atoms with Crippen LogP contribution in [0.15, 0.2) is 29.2 Å². The summed E-state index contributed by atoms with van der Waals surface area (Å²) in [6.45, 7) is 3.40. The van der Waals surface area contributed by atoms with Crippen LogP contribution in [0.3, 0.4) is 0 Å². The summed E-state index contributed by atoms with van der Waals surface area (Å²) in [4.78, 5) is 12.2. The van der Waals surface area contributed by atoms with Crippen LogP contribution in [-0.4, -0.2) is 50.9 Å². The molecule has 1 heterocycles. The maximum Gasteiger partial charge on any atom is 0.275 e. The summed E-state index contributed by atoms with van der Waals surface area (Å²) in [5.74, 6) is -0.863. The highest BCUT2D eigenvalue weighted by molar-refractivity contribution is 7.89. The van der Waals surface area contributed by atoms with Crippen LogP contribution in [-0.2, 0) is 14.8 Å². The maximum atomic E-state index is 12.9. The topological polar surface area (TPSA) is 84.9 Å². The molecule has 1 saturated heterocycles. The van der Waals surface area contributed by atoms with Crippen molar-refractivity contribution in [3.63, 3.8) is 0 Å². The molecule has 8 heteroatoms. The summed E-state index contributed by atoms with van der Waals surface area (Å²) in [6, 6.07) is 4.44. The van der Waals surface area contributed by atoms with Crippen LogP contribution >= 0.6 is 0 Å². The molecule has 0 unspecified atom stereocenters. The second-order valence-corrected chi connectivity index (χ2v) is 7.08. The van der Waals surface area contributed by atoms with E-state index in [9.17, 15) is 17.6 Å². The molecule has 1 aliphatic rings. The monoisotopic (exact) mass is 316 g/mol. The average Bonchev–Trinajstić information content (AvgIpc) is 2.47. The van der Waals surface area contributed by atoms with E-state index in [1.165, 1.54) is 16.4 Å². The Hall–Kier alpha value is -1.51. The number of amides is 1. The number of nitrogens with zero attached hydrogens (tertiary/aromatic N) is 1. The smallest absolute Gasteiger partial charge is 0.275 e. The molecule has 1 aromatic carbocycles. The second-order valence-electron chi connectivity index (χ2n) is 5.14. The molecule has 1 fully saturated rings. The van der Waals surface area contributed by atoms with Gasteiger partial charge in [0, 0.05) is 0 Å². The molecule has 0 saturated carbocycles. The normalized spacial score (nSPS) is 19.3. The SMILES string of the molecule is C[C@H](C(N)=O)[NH+]1CCN(S(=O)(=O)c2ccc(F)cc2)CC1. The van der Waals surface area contributed by atoms with Crippen molar-refractivity contribution in [1.82, 2.24) is 4.31 Å². The van der Waals surface area contributed by atoms with Gasteiger partial charge < -0.3 is 10.6 Å². The third-order valence-corrected chi connectivity index (χ3v) is 5.77. The van der Waals surface area contributed by atoms with E-state index < -0.39 is 15.8 Å². The number of nitrogens with two attached hydrogens (primary N) is 1. The quantitative estimate of drug-likeness (QED) is 0.716. The molecule has 2 rings (SSSR count). The number of piperazine rings is 1. The number of carbonyl (C=O) groups is 1. The lowest BCUT2D eigenvalue weighted by Gasteiger charge is -2.33. The summed E-state index contributed by atoms with van der Waals surface area (Å²) in [6.07, 6.45) is 0. The number of nitrogens with one attached hydrogen (secondary N) is 1. The molecule has 3 N–H and O–H groups in total. The van der Waals surface area contributed by atoms with Crippen LogP contribution in [0.5, 0.6) is 0 Å². The Bertz CT molecular complexity index is 610. The van der Waals surface area contributed by atoms with Crippen molar-refractivity contribution in [2.75, 3.05) is 26.2 Å². The molecule has 21 heavy (non-hydrogen) atoms. The first-order chi connectivity index (χ1) is 9.82. The van der Waals surface area contributed by atoms with Crippen molar-refractivity contribution < 1.29 is 22.5 Å².